The quantitative estimate of drug-likeness (QED) is 0.688. The van der Waals surface area contributed by atoms with Crippen LogP contribution in [0.25, 0.3) is 0 Å². The van der Waals surface area contributed by atoms with E-state index in [1.165, 1.54) is 0 Å². The number of hydrogen-bond donors (Lipinski definition) is 1. The van der Waals surface area contributed by atoms with E-state index < -0.39 is 11.6 Å². The fourth-order valence-corrected chi connectivity index (χ4v) is 3.36. The van der Waals surface area contributed by atoms with E-state index in [1.54, 1.807) is 24.3 Å². The lowest BCUT2D eigenvalue weighted by Crippen LogP contribution is -2.49. The first-order chi connectivity index (χ1) is 11.9. The third-order valence-corrected chi connectivity index (χ3v) is 5.07. The molecule has 0 bridgehead atoms. The summed E-state index contributed by atoms with van der Waals surface area (Å²) in [6.45, 7) is 1.93. The molecule has 4 nitrogen and oxygen atoms in total. The largest absolute Gasteiger partial charge is 0.459 e. The van der Waals surface area contributed by atoms with Gasteiger partial charge in [0.1, 0.15) is 6.10 Å². The number of nitrogens with zero attached hydrogens (tertiary/aromatic N) is 1. The summed E-state index contributed by atoms with van der Waals surface area (Å²) in [5, 5.41) is 11.4. The van der Waals surface area contributed by atoms with Gasteiger partial charge in [-0.05, 0) is 11.1 Å². The summed E-state index contributed by atoms with van der Waals surface area (Å²) in [4.78, 5) is 13.0. The molecule has 0 spiro atoms. The van der Waals surface area contributed by atoms with Crippen LogP contribution in [0, 0.1) is 0 Å². The van der Waals surface area contributed by atoms with E-state index in [0.717, 1.165) is 30.4 Å². The van der Waals surface area contributed by atoms with Gasteiger partial charge in [-0.2, -0.15) is 0 Å². The average molecular weight is 340 g/mol. The van der Waals surface area contributed by atoms with Crippen molar-refractivity contribution < 1.29 is 19.1 Å². The van der Waals surface area contributed by atoms with Crippen molar-refractivity contribution in [2.45, 2.75) is 24.5 Å². The zero-order valence-corrected chi connectivity index (χ0v) is 14.9. The van der Waals surface area contributed by atoms with Gasteiger partial charge >= 0.3 is 5.97 Å². The Morgan fingerprint density at radius 3 is 1.84 bits per heavy atom. The zero-order valence-electron chi connectivity index (χ0n) is 14.9. The van der Waals surface area contributed by atoms with Crippen molar-refractivity contribution in [3.8, 4) is 0 Å². The van der Waals surface area contributed by atoms with E-state index in [1.807, 2.05) is 36.4 Å². The summed E-state index contributed by atoms with van der Waals surface area (Å²) in [5.41, 5.74) is -0.735. The van der Waals surface area contributed by atoms with E-state index in [2.05, 4.69) is 14.1 Å². The van der Waals surface area contributed by atoms with Crippen LogP contribution in [0.5, 0.6) is 0 Å². The second-order valence-corrected chi connectivity index (χ2v) is 7.43. The minimum absolute atomic E-state index is 0.141. The van der Waals surface area contributed by atoms with Crippen LogP contribution in [0.3, 0.4) is 0 Å². The van der Waals surface area contributed by atoms with Crippen LogP contribution in [0.15, 0.2) is 60.7 Å². The molecule has 1 aliphatic rings. The predicted molar refractivity (Wildman–Crippen MR) is 96.8 cm³/mol. The highest BCUT2D eigenvalue weighted by Crippen LogP contribution is 2.32. The molecule has 0 atom stereocenters. The van der Waals surface area contributed by atoms with Crippen LogP contribution in [0.4, 0.5) is 0 Å². The van der Waals surface area contributed by atoms with Gasteiger partial charge in [0.05, 0.1) is 27.2 Å². The Labute approximate surface area is 149 Å². The smallest absolute Gasteiger partial charge is 0.347 e. The third-order valence-electron chi connectivity index (χ3n) is 5.07. The Hall–Kier alpha value is -2.17. The molecular formula is C21H26NO3+. The van der Waals surface area contributed by atoms with Crippen molar-refractivity contribution in [2.24, 2.45) is 0 Å². The number of quaternary nitrogens is 1. The fraction of sp³-hybridized carbons (Fsp3) is 0.381. The highest BCUT2D eigenvalue weighted by molar-refractivity contribution is 5.85. The van der Waals surface area contributed by atoms with Crippen molar-refractivity contribution in [1.29, 1.82) is 0 Å². The molecule has 25 heavy (non-hydrogen) atoms. The highest BCUT2D eigenvalue weighted by atomic mass is 16.6. The monoisotopic (exact) mass is 340 g/mol. The van der Waals surface area contributed by atoms with Crippen LogP contribution in [-0.4, -0.2) is 48.8 Å². The third kappa shape index (κ3) is 3.75. The van der Waals surface area contributed by atoms with Crippen LogP contribution < -0.4 is 0 Å². The van der Waals surface area contributed by atoms with Gasteiger partial charge in [0.25, 0.3) is 0 Å². The number of ether oxygens (including phenoxy) is 1. The number of piperidine rings is 1. The summed E-state index contributed by atoms with van der Waals surface area (Å²) >= 11 is 0. The normalized spacial score (nSPS) is 17.9. The Kier molecular flexibility index (Phi) is 4.93. The van der Waals surface area contributed by atoms with Crippen LogP contribution in [0.2, 0.25) is 0 Å². The summed E-state index contributed by atoms with van der Waals surface area (Å²) in [5.74, 6) is -0.595. The second kappa shape index (κ2) is 6.98. The molecule has 0 saturated carbocycles. The van der Waals surface area contributed by atoms with Gasteiger partial charge in [-0.1, -0.05) is 60.7 Å². The lowest BCUT2D eigenvalue weighted by Gasteiger charge is -2.38. The number of benzene rings is 2. The molecule has 2 aromatic carbocycles. The summed E-state index contributed by atoms with van der Waals surface area (Å²) in [7, 11) is 4.37. The van der Waals surface area contributed by atoms with Crippen molar-refractivity contribution in [3.05, 3.63) is 71.8 Å². The maximum absolute atomic E-state index is 13.0. The molecule has 2 aromatic rings. The molecular weight excluding hydrogens is 314 g/mol. The van der Waals surface area contributed by atoms with Crippen molar-refractivity contribution >= 4 is 5.97 Å². The van der Waals surface area contributed by atoms with Gasteiger partial charge in [0, 0.05) is 12.8 Å². The average Bonchev–Trinajstić information content (AvgIpc) is 2.64. The van der Waals surface area contributed by atoms with Gasteiger partial charge in [-0.25, -0.2) is 4.79 Å². The summed E-state index contributed by atoms with van der Waals surface area (Å²) in [6, 6.07) is 18.0. The maximum atomic E-state index is 13.0. The van der Waals surface area contributed by atoms with E-state index in [-0.39, 0.29) is 6.10 Å². The number of likely N-dealkylation sites (tertiary alicyclic amines) is 1. The fourth-order valence-electron chi connectivity index (χ4n) is 3.36. The van der Waals surface area contributed by atoms with Crippen LogP contribution in [0.1, 0.15) is 24.0 Å². The van der Waals surface area contributed by atoms with Gasteiger partial charge in [0.15, 0.2) is 0 Å². The number of carbonyl (C=O) groups is 1. The Balaban J connectivity index is 1.87. The van der Waals surface area contributed by atoms with E-state index in [9.17, 15) is 9.90 Å². The molecule has 0 aliphatic carbocycles. The first-order valence-electron chi connectivity index (χ1n) is 8.78. The van der Waals surface area contributed by atoms with E-state index in [4.69, 9.17) is 4.74 Å². The number of hydrogen-bond acceptors (Lipinski definition) is 3. The molecule has 1 saturated heterocycles. The Morgan fingerprint density at radius 1 is 0.960 bits per heavy atom. The lowest BCUT2D eigenvalue weighted by atomic mass is 9.86. The summed E-state index contributed by atoms with van der Waals surface area (Å²) in [6.07, 6.45) is 1.49. The summed E-state index contributed by atoms with van der Waals surface area (Å²) < 4.78 is 6.70. The van der Waals surface area contributed by atoms with E-state index >= 15 is 0 Å². The second-order valence-electron chi connectivity index (χ2n) is 7.43. The van der Waals surface area contributed by atoms with Crippen molar-refractivity contribution in [3.63, 3.8) is 0 Å². The molecule has 0 unspecified atom stereocenters. The molecule has 1 heterocycles. The molecule has 0 amide bonds. The molecule has 1 aliphatic heterocycles. The zero-order chi connectivity index (χ0) is 17.9. The van der Waals surface area contributed by atoms with Crippen LogP contribution >= 0.6 is 0 Å². The first-order valence-corrected chi connectivity index (χ1v) is 8.78. The van der Waals surface area contributed by atoms with Crippen molar-refractivity contribution in [1.82, 2.24) is 0 Å². The number of esters is 1. The van der Waals surface area contributed by atoms with Gasteiger partial charge < -0.3 is 14.3 Å². The SMILES string of the molecule is C[N+]1(C)CCC(OC(=O)C(O)(c2ccccc2)c2ccccc2)CC1. The minimum Gasteiger partial charge on any atom is -0.459 e. The molecule has 0 radical (unpaired) electrons. The molecule has 1 N–H and O–H groups in total. The molecule has 3 rings (SSSR count). The molecule has 1 fully saturated rings. The molecule has 132 valence electrons. The first kappa shape index (κ1) is 17.6. The lowest BCUT2D eigenvalue weighted by molar-refractivity contribution is -0.896. The van der Waals surface area contributed by atoms with Gasteiger partial charge in [0.2, 0.25) is 5.60 Å². The number of aliphatic hydroxyl groups is 1. The van der Waals surface area contributed by atoms with Crippen molar-refractivity contribution in [2.75, 3.05) is 27.2 Å². The van der Waals surface area contributed by atoms with Crippen LogP contribution in [-0.2, 0) is 15.1 Å². The standard InChI is InChI=1S/C21H26NO3/c1-22(2)15-13-19(14-16-22)25-20(23)21(24,17-9-5-3-6-10-17)18-11-7-4-8-12-18/h3-12,19,24H,13-16H2,1-2H3/q+1. The predicted octanol–water partition coefficient (Wildman–Crippen LogP) is 2.70. The Bertz CT molecular complexity index is 663. The van der Waals surface area contributed by atoms with Gasteiger partial charge in [-0.3, -0.25) is 0 Å². The maximum Gasteiger partial charge on any atom is 0.347 e. The molecule has 0 aromatic heterocycles. The highest BCUT2D eigenvalue weighted by Gasteiger charge is 2.43. The van der Waals surface area contributed by atoms with E-state index in [0.29, 0.717) is 11.1 Å². The molecule has 4 heteroatoms. The topological polar surface area (TPSA) is 46.5 Å². The minimum atomic E-state index is -1.79. The Morgan fingerprint density at radius 2 is 1.40 bits per heavy atom. The number of carbonyl (C=O) groups excluding carboxylic acids is 1. The van der Waals surface area contributed by atoms with Gasteiger partial charge in [-0.15, -0.1) is 0 Å². The number of rotatable bonds is 4.